The maximum atomic E-state index is 13.0. The molecule has 31 heavy (non-hydrogen) atoms. The second kappa shape index (κ2) is 10.6. The zero-order valence-corrected chi connectivity index (χ0v) is 19.2. The van der Waals surface area contributed by atoms with Crippen LogP contribution in [0.5, 0.6) is 0 Å². The van der Waals surface area contributed by atoms with Gasteiger partial charge in [-0.15, -0.1) is 0 Å². The highest BCUT2D eigenvalue weighted by molar-refractivity contribution is 6.00. The predicted octanol–water partition coefficient (Wildman–Crippen LogP) is 3.12. The molecule has 3 rings (SSSR count). The molecule has 0 fully saturated rings. The maximum Gasteiger partial charge on any atom is 0.243 e. The third kappa shape index (κ3) is 5.73. The number of hydrogen-bond donors (Lipinski definition) is 1. The first-order valence-electron chi connectivity index (χ1n) is 11.3. The van der Waals surface area contributed by atoms with Gasteiger partial charge >= 0.3 is 0 Å². The molecule has 7 heteroatoms. The predicted molar refractivity (Wildman–Crippen MR) is 123 cm³/mol. The van der Waals surface area contributed by atoms with Crippen molar-refractivity contribution in [3.05, 3.63) is 47.7 Å². The van der Waals surface area contributed by atoms with Crippen molar-refractivity contribution in [2.45, 2.75) is 72.1 Å². The van der Waals surface area contributed by atoms with Crippen LogP contribution < -0.4 is 10.2 Å². The highest BCUT2D eigenvalue weighted by atomic mass is 16.2. The molecule has 1 atom stereocenters. The Labute approximate surface area is 185 Å². The molecular formula is C24H35N5O2. The van der Waals surface area contributed by atoms with E-state index in [1.165, 1.54) is 5.56 Å². The molecule has 0 radical (unpaired) electrons. The first kappa shape index (κ1) is 23.0. The molecule has 0 aliphatic carbocycles. The first-order valence-corrected chi connectivity index (χ1v) is 11.3. The fourth-order valence-electron chi connectivity index (χ4n) is 4.11. The summed E-state index contributed by atoms with van der Waals surface area (Å²) in [5, 5.41) is 7.50. The van der Waals surface area contributed by atoms with E-state index in [4.69, 9.17) is 0 Å². The van der Waals surface area contributed by atoms with Crippen LogP contribution in [0.1, 0.15) is 51.3 Å². The van der Waals surface area contributed by atoms with Gasteiger partial charge in [0.15, 0.2) is 0 Å². The largest absolute Gasteiger partial charge is 0.354 e. The lowest BCUT2D eigenvalue weighted by atomic mass is 10.1. The maximum absolute atomic E-state index is 13.0. The van der Waals surface area contributed by atoms with Gasteiger partial charge in [0.05, 0.1) is 12.2 Å². The van der Waals surface area contributed by atoms with E-state index in [0.717, 1.165) is 31.0 Å². The number of nitrogens with one attached hydrogen (secondary N) is 1. The molecule has 1 aromatic carbocycles. The minimum atomic E-state index is -0.506. The fraction of sp³-hybridized carbons (Fsp3) is 0.542. The quantitative estimate of drug-likeness (QED) is 0.594. The number of nitrogens with zero attached hydrogens (tertiary/aromatic N) is 4. The third-order valence-electron chi connectivity index (χ3n) is 5.82. The summed E-state index contributed by atoms with van der Waals surface area (Å²) in [5.74, 6) is 0.621. The van der Waals surface area contributed by atoms with Crippen LogP contribution in [0.3, 0.4) is 0 Å². The van der Waals surface area contributed by atoms with Gasteiger partial charge in [0.25, 0.3) is 0 Å². The van der Waals surface area contributed by atoms with Crippen molar-refractivity contribution in [1.82, 2.24) is 20.0 Å². The second-order valence-electron chi connectivity index (χ2n) is 8.50. The molecule has 0 spiro atoms. The molecule has 2 amide bonds. The smallest absolute Gasteiger partial charge is 0.243 e. The van der Waals surface area contributed by atoms with Crippen molar-refractivity contribution in [1.29, 1.82) is 0 Å². The second-order valence-corrected chi connectivity index (χ2v) is 8.50. The van der Waals surface area contributed by atoms with Crippen LogP contribution in [0.15, 0.2) is 36.4 Å². The van der Waals surface area contributed by atoms with Crippen LogP contribution in [0, 0.1) is 6.92 Å². The van der Waals surface area contributed by atoms with Crippen LogP contribution in [0.25, 0.3) is 0 Å². The number of amides is 2. The molecule has 1 aromatic heterocycles. The molecule has 0 saturated carbocycles. The average Bonchev–Trinajstić information content (AvgIpc) is 3.13. The average molecular weight is 426 g/mol. The van der Waals surface area contributed by atoms with Crippen molar-refractivity contribution >= 4 is 17.6 Å². The normalized spacial score (nSPS) is 14.8. The molecule has 0 saturated heterocycles. The zero-order valence-electron chi connectivity index (χ0n) is 19.2. The lowest BCUT2D eigenvalue weighted by Crippen LogP contribution is -2.52. The van der Waals surface area contributed by atoms with Crippen LogP contribution in [0.4, 0.5) is 5.82 Å². The van der Waals surface area contributed by atoms with E-state index in [1.807, 2.05) is 30.7 Å². The summed E-state index contributed by atoms with van der Waals surface area (Å²) in [4.78, 5) is 29.6. The van der Waals surface area contributed by atoms with Gasteiger partial charge in [-0.3, -0.25) is 19.4 Å². The summed E-state index contributed by atoms with van der Waals surface area (Å²) in [6.45, 7) is 11.2. The summed E-state index contributed by atoms with van der Waals surface area (Å²) in [6.07, 6.45) is 1.80. The summed E-state index contributed by atoms with van der Waals surface area (Å²) in [6, 6.07) is 12.3. The summed E-state index contributed by atoms with van der Waals surface area (Å²) < 4.78 is 1.83. The minimum absolute atomic E-state index is 0.0109. The number of rotatable bonds is 10. The Kier molecular flexibility index (Phi) is 7.85. The Hall–Kier alpha value is -2.67. The van der Waals surface area contributed by atoms with Crippen molar-refractivity contribution < 1.29 is 9.59 Å². The van der Waals surface area contributed by atoms with E-state index in [1.54, 1.807) is 4.90 Å². The molecule has 2 heterocycles. The number of aromatic nitrogens is 2. The lowest BCUT2D eigenvalue weighted by Gasteiger charge is -2.33. The number of anilines is 1. The number of fused-ring (bicyclic) bond motifs is 1. The highest BCUT2D eigenvalue weighted by Gasteiger charge is 2.34. The number of benzene rings is 1. The standard InChI is InChI=1S/C24H35N5O2/c1-5-21(29-22-16-19(4)26-28(22)15-12-23(29)30)24(31)25-13-9-14-27(18(2)3)17-20-10-7-6-8-11-20/h6-8,10-11,16,18,21H,5,9,12-15,17H2,1-4H3,(H,25,31). The first-order chi connectivity index (χ1) is 14.9. The highest BCUT2D eigenvalue weighted by Crippen LogP contribution is 2.26. The number of hydrogen-bond acceptors (Lipinski definition) is 4. The van der Waals surface area contributed by atoms with E-state index in [-0.39, 0.29) is 11.8 Å². The van der Waals surface area contributed by atoms with Crippen LogP contribution >= 0.6 is 0 Å². The van der Waals surface area contributed by atoms with Crippen molar-refractivity contribution in [2.75, 3.05) is 18.0 Å². The van der Waals surface area contributed by atoms with E-state index >= 15 is 0 Å². The lowest BCUT2D eigenvalue weighted by molar-refractivity contribution is -0.127. The number of carbonyl (C=O) groups excluding carboxylic acids is 2. The van der Waals surface area contributed by atoms with Gasteiger partial charge in [-0.1, -0.05) is 37.3 Å². The monoisotopic (exact) mass is 425 g/mol. The van der Waals surface area contributed by atoms with Crippen molar-refractivity contribution in [2.24, 2.45) is 0 Å². The molecule has 2 aromatic rings. The van der Waals surface area contributed by atoms with E-state index < -0.39 is 6.04 Å². The van der Waals surface area contributed by atoms with E-state index in [0.29, 0.717) is 32.0 Å². The van der Waals surface area contributed by atoms with Gasteiger partial charge in [0.2, 0.25) is 11.8 Å². The van der Waals surface area contributed by atoms with E-state index in [2.05, 4.69) is 53.4 Å². The molecule has 1 unspecified atom stereocenters. The van der Waals surface area contributed by atoms with Gasteiger partial charge in [0.1, 0.15) is 11.9 Å². The number of carbonyl (C=O) groups is 2. The Morgan fingerprint density at radius 1 is 1.26 bits per heavy atom. The molecule has 7 nitrogen and oxygen atoms in total. The third-order valence-corrected chi connectivity index (χ3v) is 5.82. The Bertz CT molecular complexity index is 877. The van der Waals surface area contributed by atoms with Crippen molar-refractivity contribution in [3.63, 3.8) is 0 Å². The summed E-state index contributed by atoms with van der Waals surface area (Å²) in [5.41, 5.74) is 2.15. The topological polar surface area (TPSA) is 70.5 Å². The fourth-order valence-corrected chi connectivity index (χ4v) is 4.11. The number of aryl methyl sites for hydroxylation is 2. The molecule has 0 bridgehead atoms. The Morgan fingerprint density at radius 2 is 2.00 bits per heavy atom. The molecule has 1 N–H and O–H groups in total. The zero-order chi connectivity index (χ0) is 22.4. The summed E-state index contributed by atoms with van der Waals surface area (Å²) >= 11 is 0. The van der Waals surface area contributed by atoms with E-state index in [9.17, 15) is 9.59 Å². The summed E-state index contributed by atoms with van der Waals surface area (Å²) in [7, 11) is 0. The van der Waals surface area contributed by atoms with Gasteiger partial charge < -0.3 is 5.32 Å². The Morgan fingerprint density at radius 3 is 2.68 bits per heavy atom. The molecular weight excluding hydrogens is 390 g/mol. The van der Waals surface area contributed by atoms with Crippen LogP contribution in [0.2, 0.25) is 0 Å². The molecule has 168 valence electrons. The minimum Gasteiger partial charge on any atom is -0.354 e. The SMILES string of the molecule is CCC(C(=O)NCCCN(Cc1ccccc1)C(C)C)N1C(=O)CCn2nc(C)cc21. The molecule has 1 aliphatic heterocycles. The van der Waals surface area contributed by atoms with Gasteiger partial charge in [-0.2, -0.15) is 5.10 Å². The van der Waals surface area contributed by atoms with Crippen LogP contribution in [-0.4, -0.2) is 51.7 Å². The van der Waals surface area contributed by atoms with Crippen LogP contribution in [-0.2, 0) is 22.7 Å². The van der Waals surface area contributed by atoms with Gasteiger partial charge in [-0.05, 0) is 39.2 Å². The molecule has 1 aliphatic rings. The van der Waals surface area contributed by atoms with Crippen molar-refractivity contribution in [3.8, 4) is 0 Å². The van der Waals surface area contributed by atoms with Gasteiger partial charge in [0, 0.05) is 38.2 Å². The Balaban J connectivity index is 1.55. The van der Waals surface area contributed by atoms with Gasteiger partial charge in [-0.25, -0.2) is 4.68 Å².